The van der Waals surface area contributed by atoms with Gasteiger partial charge in [-0.1, -0.05) is 23.7 Å². The lowest BCUT2D eigenvalue weighted by atomic mass is 10.1. The van der Waals surface area contributed by atoms with E-state index >= 15 is 0 Å². The summed E-state index contributed by atoms with van der Waals surface area (Å²) in [5.74, 6) is -1.57. The number of carbonyl (C=O) groups is 3. The van der Waals surface area contributed by atoms with Crippen LogP contribution in [0.4, 0.5) is 11.4 Å². The first-order chi connectivity index (χ1) is 13.8. The molecule has 1 aliphatic rings. The van der Waals surface area contributed by atoms with E-state index < -0.39 is 18.0 Å². The normalized spacial score (nSPS) is 14.3. The van der Waals surface area contributed by atoms with Crippen LogP contribution in [0.2, 0.25) is 5.02 Å². The van der Waals surface area contributed by atoms with Gasteiger partial charge in [0.1, 0.15) is 12.1 Å². The first-order valence-corrected chi connectivity index (χ1v) is 9.33. The molecule has 0 radical (unpaired) electrons. The zero-order chi connectivity index (χ0) is 20.7. The first-order valence-electron chi connectivity index (χ1n) is 8.95. The minimum absolute atomic E-state index is 0.0127. The van der Waals surface area contributed by atoms with E-state index in [4.69, 9.17) is 20.8 Å². The van der Waals surface area contributed by atoms with E-state index in [0.717, 1.165) is 0 Å². The molecule has 1 aromatic heterocycles. The Balaban J connectivity index is 1.56. The lowest BCUT2D eigenvalue weighted by Gasteiger charge is -2.30. The van der Waals surface area contributed by atoms with Crippen molar-refractivity contribution in [2.24, 2.45) is 0 Å². The molecule has 0 saturated heterocycles. The van der Waals surface area contributed by atoms with Crippen molar-refractivity contribution in [3.8, 4) is 0 Å². The van der Waals surface area contributed by atoms with Gasteiger partial charge in [-0.2, -0.15) is 0 Å². The Bertz CT molecular complexity index is 1150. The van der Waals surface area contributed by atoms with Crippen molar-refractivity contribution in [2.45, 2.75) is 20.0 Å². The lowest BCUT2D eigenvalue weighted by molar-refractivity contribution is -0.128. The molecule has 2 heterocycles. The number of halogens is 1. The number of nitrogens with one attached hydrogen (secondary N) is 1. The van der Waals surface area contributed by atoms with E-state index in [2.05, 4.69) is 5.32 Å². The largest absolute Gasteiger partial charge is 0.449 e. The number of esters is 1. The third kappa shape index (κ3) is 3.45. The average Bonchev–Trinajstić information content (AvgIpc) is 3.02. The monoisotopic (exact) mass is 412 g/mol. The number of rotatable bonds is 3. The molecule has 0 aliphatic carbocycles. The highest BCUT2D eigenvalue weighted by atomic mass is 35.5. The summed E-state index contributed by atoms with van der Waals surface area (Å²) in [4.78, 5) is 38.8. The fourth-order valence-corrected chi connectivity index (χ4v) is 3.47. The van der Waals surface area contributed by atoms with Crippen LogP contribution in [0.5, 0.6) is 0 Å². The van der Waals surface area contributed by atoms with Gasteiger partial charge in [0.05, 0.1) is 11.4 Å². The topological polar surface area (TPSA) is 88.9 Å². The Morgan fingerprint density at radius 2 is 2.00 bits per heavy atom. The van der Waals surface area contributed by atoms with Crippen LogP contribution >= 0.6 is 11.6 Å². The molecule has 1 atom stereocenters. The predicted octanol–water partition coefficient (Wildman–Crippen LogP) is 3.93. The van der Waals surface area contributed by atoms with Gasteiger partial charge in [-0.3, -0.25) is 14.5 Å². The van der Waals surface area contributed by atoms with Gasteiger partial charge >= 0.3 is 5.97 Å². The Kier molecular flexibility index (Phi) is 4.76. The fourth-order valence-electron chi connectivity index (χ4n) is 3.30. The molecule has 8 heteroatoms. The van der Waals surface area contributed by atoms with Crippen LogP contribution in [0.3, 0.4) is 0 Å². The van der Waals surface area contributed by atoms with Gasteiger partial charge in [-0.25, -0.2) is 4.79 Å². The summed E-state index contributed by atoms with van der Waals surface area (Å²) in [7, 11) is 0. The molecule has 7 nitrogen and oxygen atoms in total. The molecule has 29 heavy (non-hydrogen) atoms. The van der Waals surface area contributed by atoms with Crippen LogP contribution in [-0.2, 0) is 14.3 Å². The number of aryl methyl sites for hydroxylation is 1. The number of hydrogen-bond acceptors (Lipinski definition) is 5. The summed E-state index contributed by atoms with van der Waals surface area (Å²) in [5, 5.41) is 3.93. The van der Waals surface area contributed by atoms with Gasteiger partial charge in [0.25, 0.3) is 5.91 Å². The molecule has 3 aromatic rings. The van der Waals surface area contributed by atoms with Crippen LogP contribution in [-0.4, -0.2) is 30.4 Å². The summed E-state index contributed by atoms with van der Waals surface area (Å²) < 4.78 is 10.9. The minimum Gasteiger partial charge on any atom is -0.449 e. The zero-order valence-electron chi connectivity index (χ0n) is 15.7. The SMILES string of the molecule is Cc1c(C(=O)O[C@@H](C)C(=O)N2CC(=O)Nc3ccccc32)oc2ccc(Cl)cc12. The Morgan fingerprint density at radius 1 is 1.24 bits per heavy atom. The molecular formula is C21H17ClN2O5. The quantitative estimate of drug-likeness (QED) is 0.658. The molecule has 0 saturated carbocycles. The highest BCUT2D eigenvalue weighted by Gasteiger charge is 2.32. The number of ether oxygens (including phenoxy) is 1. The van der Waals surface area contributed by atoms with Crippen molar-refractivity contribution in [1.29, 1.82) is 0 Å². The zero-order valence-corrected chi connectivity index (χ0v) is 16.4. The Labute approximate surface area is 171 Å². The van der Waals surface area contributed by atoms with E-state index in [1.54, 1.807) is 49.4 Å². The maximum absolute atomic E-state index is 12.9. The van der Waals surface area contributed by atoms with Crippen LogP contribution < -0.4 is 10.2 Å². The van der Waals surface area contributed by atoms with E-state index in [-0.39, 0.29) is 18.2 Å². The molecule has 1 N–H and O–H groups in total. The number of benzene rings is 2. The molecule has 1 aliphatic heterocycles. The van der Waals surface area contributed by atoms with Crippen molar-refractivity contribution in [3.05, 3.63) is 58.8 Å². The van der Waals surface area contributed by atoms with Crippen molar-refractivity contribution in [3.63, 3.8) is 0 Å². The fraction of sp³-hybridized carbons (Fsp3) is 0.190. The summed E-state index contributed by atoms with van der Waals surface area (Å²) in [6.07, 6.45) is -1.11. The van der Waals surface area contributed by atoms with Crippen molar-refractivity contribution < 1.29 is 23.5 Å². The van der Waals surface area contributed by atoms with E-state index in [1.807, 2.05) is 0 Å². The number of nitrogens with zero attached hydrogens (tertiary/aromatic N) is 1. The number of para-hydroxylation sites is 2. The number of fused-ring (bicyclic) bond motifs is 2. The maximum atomic E-state index is 12.9. The van der Waals surface area contributed by atoms with Crippen molar-refractivity contribution >= 4 is 51.7 Å². The van der Waals surface area contributed by atoms with Crippen LogP contribution in [0.25, 0.3) is 11.0 Å². The molecule has 0 spiro atoms. The van der Waals surface area contributed by atoms with E-state index in [1.165, 1.54) is 11.8 Å². The number of hydrogen-bond donors (Lipinski definition) is 1. The average molecular weight is 413 g/mol. The van der Waals surface area contributed by atoms with Crippen LogP contribution in [0.1, 0.15) is 23.0 Å². The lowest BCUT2D eigenvalue weighted by Crippen LogP contribution is -2.47. The maximum Gasteiger partial charge on any atom is 0.375 e. The molecule has 0 unspecified atom stereocenters. The van der Waals surface area contributed by atoms with Crippen molar-refractivity contribution in [2.75, 3.05) is 16.8 Å². The summed E-state index contributed by atoms with van der Waals surface area (Å²) in [6, 6.07) is 12.0. The van der Waals surface area contributed by atoms with E-state index in [0.29, 0.717) is 32.9 Å². The number of anilines is 2. The molecule has 4 rings (SSSR count). The van der Waals surface area contributed by atoms with Gasteiger partial charge in [0.15, 0.2) is 6.10 Å². The third-order valence-corrected chi connectivity index (χ3v) is 4.99. The van der Waals surface area contributed by atoms with Gasteiger partial charge in [-0.15, -0.1) is 0 Å². The highest BCUT2D eigenvalue weighted by Crippen LogP contribution is 2.31. The second-order valence-electron chi connectivity index (χ2n) is 6.73. The summed E-state index contributed by atoms with van der Waals surface area (Å²) in [5.41, 5.74) is 2.16. The van der Waals surface area contributed by atoms with E-state index in [9.17, 15) is 14.4 Å². The second-order valence-corrected chi connectivity index (χ2v) is 7.17. The minimum atomic E-state index is -1.11. The van der Waals surface area contributed by atoms with Crippen molar-refractivity contribution in [1.82, 2.24) is 0 Å². The molecular weight excluding hydrogens is 396 g/mol. The third-order valence-electron chi connectivity index (χ3n) is 4.75. The highest BCUT2D eigenvalue weighted by molar-refractivity contribution is 6.31. The molecule has 2 amide bonds. The molecule has 0 fully saturated rings. The van der Waals surface area contributed by atoms with Gasteiger partial charge in [0, 0.05) is 16.0 Å². The smallest absolute Gasteiger partial charge is 0.375 e. The Morgan fingerprint density at radius 3 is 2.79 bits per heavy atom. The summed E-state index contributed by atoms with van der Waals surface area (Å²) in [6.45, 7) is 3.03. The first kappa shape index (κ1) is 19.0. The standard InChI is InChI=1S/C21H17ClN2O5/c1-11-14-9-13(22)7-8-17(14)29-19(11)21(27)28-12(2)20(26)24-10-18(25)23-15-5-3-4-6-16(15)24/h3-9,12H,10H2,1-2H3,(H,23,25)/t12-/m0/s1. The second kappa shape index (κ2) is 7.25. The van der Waals surface area contributed by atoms with Gasteiger partial charge in [0.2, 0.25) is 11.7 Å². The predicted molar refractivity (Wildman–Crippen MR) is 108 cm³/mol. The molecule has 148 valence electrons. The van der Waals surface area contributed by atoms with Gasteiger partial charge in [-0.05, 0) is 44.2 Å². The van der Waals surface area contributed by atoms with Crippen LogP contribution in [0.15, 0.2) is 46.9 Å². The van der Waals surface area contributed by atoms with Crippen LogP contribution in [0, 0.1) is 6.92 Å². The number of amides is 2. The Hall–Kier alpha value is -3.32. The number of carbonyl (C=O) groups excluding carboxylic acids is 3. The molecule has 2 aromatic carbocycles. The summed E-state index contributed by atoms with van der Waals surface area (Å²) >= 11 is 6.00. The van der Waals surface area contributed by atoms with Gasteiger partial charge < -0.3 is 14.5 Å². The number of furan rings is 1. The molecule has 0 bridgehead atoms.